The SMILES string of the molecule is CSCC[C@@H](C(=O)O/N=C(/N)c1cccs1)N1C(=O)c2ccccc2C1=O. The van der Waals surface area contributed by atoms with Crippen molar-refractivity contribution in [1.82, 2.24) is 4.90 Å². The van der Waals surface area contributed by atoms with Crippen LogP contribution in [0.15, 0.2) is 46.9 Å². The molecule has 0 saturated carbocycles. The minimum Gasteiger partial charge on any atom is -0.380 e. The van der Waals surface area contributed by atoms with Crippen LogP contribution in [-0.2, 0) is 9.63 Å². The lowest BCUT2D eigenvalue weighted by Crippen LogP contribution is -2.45. The van der Waals surface area contributed by atoms with Crippen molar-refractivity contribution in [3.05, 3.63) is 57.8 Å². The molecular weight excluding hydrogens is 386 g/mol. The highest BCUT2D eigenvalue weighted by Crippen LogP contribution is 2.26. The van der Waals surface area contributed by atoms with Gasteiger partial charge in [-0.25, -0.2) is 4.79 Å². The number of rotatable bonds is 7. The number of hydrogen-bond acceptors (Lipinski definition) is 7. The minimum atomic E-state index is -1.07. The first-order valence-electron chi connectivity index (χ1n) is 8.08. The Morgan fingerprint density at radius 2 is 1.89 bits per heavy atom. The molecule has 0 spiro atoms. The number of nitrogens with two attached hydrogens (primary N) is 1. The zero-order valence-electron chi connectivity index (χ0n) is 14.5. The van der Waals surface area contributed by atoms with Crippen molar-refractivity contribution in [2.75, 3.05) is 12.0 Å². The van der Waals surface area contributed by atoms with E-state index < -0.39 is 23.8 Å². The number of amides is 2. The molecule has 1 aliphatic rings. The second-order valence-electron chi connectivity index (χ2n) is 5.69. The largest absolute Gasteiger partial charge is 0.380 e. The Bertz CT molecular complexity index is 861. The third-order valence-corrected chi connectivity index (χ3v) is 5.55. The first-order chi connectivity index (χ1) is 13.0. The zero-order chi connectivity index (χ0) is 19.4. The summed E-state index contributed by atoms with van der Waals surface area (Å²) in [5.74, 6) is -1.18. The molecule has 1 aromatic heterocycles. The first kappa shape index (κ1) is 19.1. The molecular formula is C18H17N3O4S2. The molecule has 27 heavy (non-hydrogen) atoms. The standard InChI is InChI=1S/C18H17N3O4S2/c1-26-10-8-13(18(24)25-20-15(19)14-7-4-9-27-14)21-16(22)11-5-2-3-6-12(11)17(21)23/h2-7,9,13H,8,10H2,1H3,(H2,19,20)/t13-/m0/s1. The monoisotopic (exact) mass is 403 g/mol. The third kappa shape index (κ3) is 3.88. The van der Waals surface area contributed by atoms with E-state index in [1.807, 2.05) is 11.6 Å². The van der Waals surface area contributed by atoms with Gasteiger partial charge in [-0.05, 0) is 42.0 Å². The van der Waals surface area contributed by atoms with Crippen LogP contribution in [0.1, 0.15) is 32.0 Å². The van der Waals surface area contributed by atoms with Gasteiger partial charge in [0.25, 0.3) is 11.8 Å². The summed E-state index contributed by atoms with van der Waals surface area (Å²) >= 11 is 2.85. The van der Waals surface area contributed by atoms with Gasteiger partial charge in [0.2, 0.25) is 0 Å². The van der Waals surface area contributed by atoms with Crippen molar-refractivity contribution in [2.45, 2.75) is 12.5 Å². The van der Waals surface area contributed by atoms with E-state index in [9.17, 15) is 14.4 Å². The summed E-state index contributed by atoms with van der Waals surface area (Å²) in [5, 5.41) is 5.48. The topological polar surface area (TPSA) is 102 Å². The van der Waals surface area contributed by atoms with Crippen molar-refractivity contribution in [3.63, 3.8) is 0 Å². The lowest BCUT2D eigenvalue weighted by atomic mass is 10.1. The summed E-state index contributed by atoms with van der Waals surface area (Å²) in [6.45, 7) is 0. The van der Waals surface area contributed by atoms with Crippen molar-refractivity contribution in [1.29, 1.82) is 0 Å². The number of thioether (sulfide) groups is 1. The van der Waals surface area contributed by atoms with Gasteiger partial charge in [0.05, 0.1) is 16.0 Å². The Kier molecular flexibility index (Phi) is 5.92. The van der Waals surface area contributed by atoms with Crippen LogP contribution < -0.4 is 5.73 Å². The molecule has 1 aliphatic heterocycles. The van der Waals surface area contributed by atoms with Crippen LogP contribution in [0, 0.1) is 0 Å². The van der Waals surface area contributed by atoms with E-state index in [1.165, 1.54) is 23.1 Å². The highest BCUT2D eigenvalue weighted by molar-refractivity contribution is 7.98. The maximum Gasteiger partial charge on any atom is 0.357 e. The van der Waals surface area contributed by atoms with Crippen molar-refractivity contribution in [3.8, 4) is 0 Å². The number of nitrogens with zero attached hydrogens (tertiary/aromatic N) is 2. The van der Waals surface area contributed by atoms with E-state index in [4.69, 9.17) is 10.6 Å². The zero-order valence-corrected chi connectivity index (χ0v) is 16.1. The van der Waals surface area contributed by atoms with Crippen LogP contribution >= 0.6 is 23.1 Å². The molecule has 0 fully saturated rings. The molecule has 7 nitrogen and oxygen atoms in total. The molecule has 2 heterocycles. The van der Waals surface area contributed by atoms with Gasteiger partial charge in [-0.3, -0.25) is 14.5 Å². The van der Waals surface area contributed by atoms with Crippen molar-refractivity contribution in [2.24, 2.45) is 10.9 Å². The lowest BCUT2D eigenvalue weighted by molar-refractivity contribution is -0.148. The van der Waals surface area contributed by atoms with E-state index in [0.29, 0.717) is 10.6 Å². The molecule has 0 saturated heterocycles. The maximum absolute atomic E-state index is 12.7. The molecule has 1 atom stereocenters. The molecule has 2 amide bonds. The highest BCUT2D eigenvalue weighted by Gasteiger charge is 2.43. The molecule has 0 bridgehead atoms. The second-order valence-corrected chi connectivity index (χ2v) is 7.62. The fourth-order valence-corrected chi connectivity index (χ4v) is 3.77. The third-order valence-electron chi connectivity index (χ3n) is 4.01. The minimum absolute atomic E-state index is 0.0596. The fraction of sp³-hybridized carbons (Fsp3) is 0.222. The number of fused-ring (bicyclic) bond motifs is 1. The summed E-state index contributed by atoms with van der Waals surface area (Å²) in [7, 11) is 0. The normalized spacial score (nSPS) is 15.0. The summed E-state index contributed by atoms with van der Waals surface area (Å²) in [6, 6.07) is 8.96. The predicted octanol–water partition coefficient (Wildman–Crippen LogP) is 2.33. The van der Waals surface area contributed by atoms with Gasteiger partial charge >= 0.3 is 5.97 Å². The van der Waals surface area contributed by atoms with Crippen LogP contribution in [-0.4, -0.2) is 46.6 Å². The average molecular weight is 403 g/mol. The Morgan fingerprint density at radius 3 is 2.44 bits per heavy atom. The summed E-state index contributed by atoms with van der Waals surface area (Å²) < 4.78 is 0. The van der Waals surface area contributed by atoms with Crippen LogP contribution in [0.4, 0.5) is 0 Å². The smallest absolute Gasteiger partial charge is 0.357 e. The molecule has 2 N–H and O–H groups in total. The number of thiophene rings is 1. The van der Waals surface area contributed by atoms with Gasteiger partial charge < -0.3 is 10.6 Å². The van der Waals surface area contributed by atoms with Crippen molar-refractivity contribution >= 4 is 46.7 Å². The second kappa shape index (κ2) is 8.36. The van der Waals surface area contributed by atoms with E-state index in [2.05, 4.69) is 5.16 Å². The van der Waals surface area contributed by atoms with Gasteiger partial charge in [0.15, 0.2) is 5.84 Å². The Hall–Kier alpha value is -2.65. The van der Waals surface area contributed by atoms with Crippen LogP contribution in [0.25, 0.3) is 0 Å². The lowest BCUT2D eigenvalue weighted by Gasteiger charge is -2.23. The van der Waals surface area contributed by atoms with Crippen molar-refractivity contribution < 1.29 is 19.2 Å². The van der Waals surface area contributed by atoms with E-state index in [-0.39, 0.29) is 23.4 Å². The predicted molar refractivity (Wildman–Crippen MR) is 105 cm³/mol. The van der Waals surface area contributed by atoms with Gasteiger partial charge in [-0.1, -0.05) is 23.4 Å². The fourth-order valence-electron chi connectivity index (χ4n) is 2.70. The number of hydrogen-bond donors (Lipinski definition) is 1. The van der Waals surface area contributed by atoms with Crippen LogP contribution in [0.5, 0.6) is 0 Å². The summed E-state index contributed by atoms with van der Waals surface area (Å²) in [4.78, 5) is 44.5. The molecule has 0 unspecified atom stereocenters. The highest BCUT2D eigenvalue weighted by atomic mass is 32.2. The number of oxime groups is 1. The first-order valence-corrected chi connectivity index (χ1v) is 10.4. The average Bonchev–Trinajstić information content (AvgIpc) is 3.30. The molecule has 3 rings (SSSR count). The molecule has 1 aromatic carbocycles. The maximum atomic E-state index is 12.7. The van der Waals surface area contributed by atoms with Crippen LogP contribution in [0.3, 0.4) is 0 Å². The molecule has 0 aliphatic carbocycles. The van der Waals surface area contributed by atoms with Gasteiger partial charge in [0.1, 0.15) is 6.04 Å². The Balaban J connectivity index is 1.82. The molecule has 0 radical (unpaired) electrons. The van der Waals surface area contributed by atoms with Crippen LogP contribution in [0.2, 0.25) is 0 Å². The quantitative estimate of drug-likeness (QED) is 0.250. The Morgan fingerprint density at radius 1 is 1.22 bits per heavy atom. The molecule has 9 heteroatoms. The Labute approximate surface area is 164 Å². The summed E-state index contributed by atoms with van der Waals surface area (Å²) in [5.41, 5.74) is 6.36. The number of carbonyl (C=O) groups excluding carboxylic acids is 3. The van der Waals surface area contributed by atoms with Gasteiger partial charge in [-0.2, -0.15) is 11.8 Å². The molecule has 2 aromatic rings. The summed E-state index contributed by atoms with van der Waals surface area (Å²) in [6.07, 6.45) is 2.14. The van der Waals surface area contributed by atoms with Gasteiger partial charge in [-0.15, -0.1) is 11.3 Å². The van der Waals surface area contributed by atoms with E-state index >= 15 is 0 Å². The van der Waals surface area contributed by atoms with E-state index in [0.717, 1.165) is 4.90 Å². The number of carbonyl (C=O) groups is 3. The molecule has 140 valence electrons. The van der Waals surface area contributed by atoms with E-state index in [1.54, 1.807) is 36.4 Å². The number of amidine groups is 1. The number of imide groups is 1. The van der Waals surface area contributed by atoms with Gasteiger partial charge in [0, 0.05) is 0 Å². The number of benzene rings is 1.